The molecule has 168 valence electrons. The van der Waals surface area contributed by atoms with E-state index in [1.807, 2.05) is 30.3 Å². The molecule has 0 bridgehead atoms. The maximum atomic E-state index is 12.5. The summed E-state index contributed by atoms with van der Waals surface area (Å²) >= 11 is 0. The molecule has 2 aliphatic rings. The molecule has 2 heterocycles. The largest absolute Gasteiger partial charge is 0.444 e. The van der Waals surface area contributed by atoms with E-state index in [4.69, 9.17) is 9.47 Å². The van der Waals surface area contributed by atoms with Gasteiger partial charge in [-0.1, -0.05) is 18.2 Å². The highest BCUT2D eigenvalue weighted by Gasteiger charge is 2.34. The summed E-state index contributed by atoms with van der Waals surface area (Å²) in [5.41, 5.74) is 1.84. The zero-order valence-electron chi connectivity index (χ0n) is 18.3. The van der Waals surface area contributed by atoms with E-state index in [2.05, 4.69) is 5.32 Å². The Bertz CT molecular complexity index is 874. The first kappa shape index (κ1) is 22.6. The second kappa shape index (κ2) is 8.97. The van der Waals surface area contributed by atoms with Gasteiger partial charge in [0, 0.05) is 12.6 Å². The SMILES string of the molecule is CC(=O)NC[C@H]1CN(c2ccc(C3=C[C@H](CO)N(C(=O)OC(C)(C)C)C3)cc2)C(=O)O1. The number of anilines is 1. The Morgan fingerprint density at radius 2 is 1.94 bits per heavy atom. The normalized spacial score (nSPS) is 21.1. The standard InChI is InChI=1S/C22H29N3O6/c1-14(27)23-10-19-12-25(20(28)30-19)17-7-5-15(6-8-17)16-9-18(13-26)24(11-16)21(29)31-22(2,3)4/h5-9,18-19,26H,10-13H2,1-4H3,(H,23,27)/t18-,19+/m1/s1. The highest BCUT2D eigenvalue weighted by molar-refractivity contribution is 5.90. The molecule has 1 aromatic carbocycles. The van der Waals surface area contributed by atoms with E-state index in [0.29, 0.717) is 18.8 Å². The first-order chi connectivity index (χ1) is 14.6. The molecule has 0 saturated carbocycles. The molecular formula is C22H29N3O6. The molecule has 2 atom stereocenters. The van der Waals surface area contributed by atoms with E-state index in [9.17, 15) is 19.5 Å². The number of amides is 3. The van der Waals surface area contributed by atoms with Gasteiger partial charge in [-0.15, -0.1) is 0 Å². The maximum Gasteiger partial charge on any atom is 0.414 e. The fraction of sp³-hybridized carbons (Fsp3) is 0.500. The first-order valence-electron chi connectivity index (χ1n) is 10.2. The predicted molar refractivity (Wildman–Crippen MR) is 115 cm³/mol. The average molecular weight is 431 g/mol. The monoisotopic (exact) mass is 431 g/mol. The molecule has 0 spiro atoms. The number of nitrogens with zero attached hydrogens (tertiary/aromatic N) is 2. The van der Waals surface area contributed by atoms with E-state index in [-0.39, 0.29) is 19.1 Å². The molecule has 1 fully saturated rings. The van der Waals surface area contributed by atoms with Gasteiger partial charge in [-0.25, -0.2) is 9.59 Å². The molecule has 2 aliphatic heterocycles. The van der Waals surface area contributed by atoms with Crippen LogP contribution >= 0.6 is 0 Å². The third-order valence-electron chi connectivity index (χ3n) is 4.95. The van der Waals surface area contributed by atoms with Crippen molar-refractivity contribution in [2.75, 3.05) is 31.1 Å². The molecule has 31 heavy (non-hydrogen) atoms. The van der Waals surface area contributed by atoms with Crippen molar-refractivity contribution >= 4 is 29.4 Å². The topological polar surface area (TPSA) is 108 Å². The second-order valence-corrected chi connectivity index (χ2v) is 8.65. The van der Waals surface area contributed by atoms with Gasteiger partial charge in [-0.3, -0.25) is 14.6 Å². The van der Waals surface area contributed by atoms with Crippen LogP contribution in [0, 0.1) is 0 Å². The fourth-order valence-electron chi connectivity index (χ4n) is 3.49. The zero-order valence-corrected chi connectivity index (χ0v) is 18.3. The predicted octanol–water partition coefficient (Wildman–Crippen LogP) is 2.14. The molecule has 0 radical (unpaired) electrons. The Morgan fingerprint density at radius 1 is 1.26 bits per heavy atom. The van der Waals surface area contributed by atoms with Crippen LogP contribution in [0.25, 0.3) is 5.57 Å². The van der Waals surface area contributed by atoms with Crippen molar-refractivity contribution < 1.29 is 29.0 Å². The Morgan fingerprint density at radius 3 is 2.52 bits per heavy atom. The number of rotatable bonds is 5. The Kier molecular flexibility index (Phi) is 6.54. The number of cyclic esters (lactones) is 1. The van der Waals surface area contributed by atoms with Gasteiger partial charge in [-0.05, 0) is 44.0 Å². The van der Waals surface area contributed by atoms with Crippen LogP contribution in [0.1, 0.15) is 33.3 Å². The smallest absolute Gasteiger partial charge is 0.414 e. The summed E-state index contributed by atoms with van der Waals surface area (Å²) in [6, 6.07) is 6.89. The lowest BCUT2D eigenvalue weighted by Crippen LogP contribution is -2.41. The van der Waals surface area contributed by atoms with Crippen LogP contribution in [0.2, 0.25) is 0 Å². The van der Waals surface area contributed by atoms with Gasteiger partial charge in [0.05, 0.1) is 32.3 Å². The number of carbonyl (C=O) groups excluding carboxylic acids is 3. The second-order valence-electron chi connectivity index (χ2n) is 8.65. The van der Waals surface area contributed by atoms with E-state index in [1.54, 1.807) is 20.8 Å². The third-order valence-corrected chi connectivity index (χ3v) is 4.95. The zero-order chi connectivity index (χ0) is 22.8. The van der Waals surface area contributed by atoms with Gasteiger partial charge in [0.25, 0.3) is 0 Å². The number of hydrogen-bond donors (Lipinski definition) is 2. The van der Waals surface area contributed by atoms with E-state index >= 15 is 0 Å². The van der Waals surface area contributed by atoms with E-state index in [1.165, 1.54) is 16.7 Å². The lowest BCUT2D eigenvalue weighted by molar-refractivity contribution is -0.119. The first-order valence-corrected chi connectivity index (χ1v) is 10.2. The Balaban J connectivity index is 1.67. The van der Waals surface area contributed by atoms with Crippen LogP contribution in [0.5, 0.6) is 0 Å². The van der Waals surface area contributed by atoms with Crippen molar-refractivity contribution in [3.63, 3.8) is 0 Å². The number of nitrogens with one attached hydrogen (secondary N) is 1. The quantitative estimate of drug-likeness (QED) is 0.740. The minimum atomic E-state index is -0.621. The molecule has 3 rings (SSSR count). The van der Waals surface area contributed by atoms with Crippen molar-refractivity contribution in [3.05, 3.63) is 35.9 Å². The molecule has 9 heteroatoms. The minimum Gasteiger partial charge on any atom is -0.444 e. The molecular weight excluding hydrogens is 402 g/mol. The van der Waals surface area contributed by atoms with Crippen molar-refractivity contribution in [1.82, 2.24) is 10.2 Å². The van der Waals surface area contributed by atoms with Gasteiger partial charge in [0.15, 0.2) is 0 Å². The van der Waals surface area contributed by atoms with Crippen molar-refractivity contribution in [2.45, 2.75) is 45.4 Å². The number of benzene rings is 1. The summed E-state index contributed by atoms with van der Waals surface area (Å²) in [5.74, 6) is -0.176. The lowest BCUT2D eigenvalue weighted by atomic mass is 10.1. The number of aliphatic hydroxyl groups is 1. The van der Waals surface area contributed by atoms with Crippen LogP contribution < -0.4 is 10.2 Å². The van der Waals surface area contributed by atoms with E-state index < -0.39 is 29.9 Å². The fourth-order valence-corrected chi connectivity index (χ4v) is 3.49. The average Bonchev–Trinajstić information content (AvgIpc) is 3.29. The molecule has 0 aliphatic carbocycles. The molecule has 0 unspecified atom stereocenters. The van der Waals surface area contributed by atoms with Gasteiger partial charge in [0.2, 0.25) is 5.91 Å². The van der Waals surface area contributed by atoms with Crippen LogP contribution in [0.3, 0.4) is 0 Å². The van der Waals surface area contributed by atoms with Gasteiger partial charge in [0.1, 0.15) is 11.7 Å². The van der Waals surface area contributed by atoms with Crippen molar-refractivity contribution in [2.24, 2.45) is 0 Å². The van der Waals surface area contributed by atoms with Crippen LogP contribution in [-0.4, -0.2) is 72.1 Å². The molecule has 3 amide bonds. The lowest BCUT2D eigenvalue weighted by Gasteiger charge is -2.27. The molecule has 0 aromatic heterocycles. The molecule has 2 N–H and O–H groups in total. The van der Waals surface area contributed by atoms with Crippen LogP contribution in [0.15, 0.2) is 30.3 Å². The van der Waals surface area contributed by atoms with E-state index in [0.717, 1.165) is 11.1 Å². The van der Waals surface area contributed by atoms with Gasteiger partial charge < -0.3 is 19.9 Å². The summed E-state index contributed by atoms with van der Waals surface area (Å²) in [4.78, 5) is 38.7. The Labute approximate surface area is 181 Å². The maximum absolute atomic E-state index is 12.5. The highest BCUT2D eigenvalue weighted by Crippen LogP contribution is 2.29. The summed E-state index contributed by atoms with van der Waals surface area (Å²) in [7, 11) is 0. The van der Waals surface area contributed by atoms with Crippen LogP contribution in [0.4, 0.5) is 15.3 Å². The summed E-state index contributed by atoms with van der Waals surface area (Å²) in [6.07, 6.45) is 0.521. The Hall–Kier alpha value is -3.07. The molecule has 1 saturated heterocycles. The van der Waals surface area contributed by atoms with Gasteiger partial charge in [-0.2, -0.15) is 0 Å². The van der Waals surface area contributed by atoms with Crippen LogP contribution in [-0.2, 0) is 14.3 Å². The number of hydrogen-bond acceptors (Lipinski definition) is 6. The van der Waals surface area contributed by atoms with Crippen molar-refractivity contribution in [1.29, 1.82) is 0 Å². The third kappa shape index (κ3) is 5.55. The summed E-state index contributed by atoms with van der Waals surface area (Å²) < 4.78 is 10.7. The van der Waals surface area contributed by atoms with Crippen molar-refractivity contribution in [3.8, 4) is 0 Å². The number of ether oxygens (including phenoxy) is 2. The molecule has 9 nitrogen and oxygen atoms in total. The number of carbonyl (C=O) groups is 3. The molecule has 1 aromatic rings. The highest BCUT2D eigenvalue weighted by atomic mass is 16.6. The number of aliphatic hydroxyl groups excluding tert-OH is 1. The summed E-state index contributed by atoms with van der Waals surface area (Å²) in [6.45, 7) is 7.55. The minimum absolute atomic E-state index is 0.176. The van der Waals surface area contributed by atoms with Gasteiger partial charge >= 0.3 is 12.2 Å². The summed E-state index contributed by atoms with van der Waals surface area (Å²) in [5, 5.41) is 12.3.